The molecule has 0 saturated heterocycles. The van der Waals surface area contributed by atoms with Crippen molar-refractivity contribution < 1.29 is 32.2 Å². The fourth-order valence-electron chi connectivity index (χ4n) is 3.95. The van der Waals surface area contributed by atoms with Crippen LogP contribution >= 0.6 is 0 Å². The minimum atomic E-state index is -4.25. The van der Waals surface area contributed by atoms with E-state index in [0.29, 0.717) is 17.9 Å². The number of aryl methyl sites for hydroxylation is 1. The van der Waals surface area contributed by atoms with Gasteiger partial charge in [0.15, 0.2) is 11.5 Å². The molecule has 1 atom stereocenters. The molecule has 1 N–H and O–H groups in total. The maximum Gasteiger partial charge on any atom is 0.265 e. The summed E-state index contributed by atoms with van der Waals surface area (Å²) in [5.74, 6) is 0.830. The fraction of sp³-hybridized carbons (Fsp3) is 0.321. The largest absolute Gasteiger partial charge is 0.497 e. The summed E-state index contributed by atoms with van der Waals surface area (Å²) in [5.41, 5.74) is 1.32. The average molecular weight is 543 g/mol. The molecule has 0 bridgehead atoms. The third kappa shape index (κ3) is 6.89. The van der Waals surface area contributed by atoms with Crippen molar-refractivity contribution in [3.8, 4) is 23.0 Å². The molecule has 0 saturated carbocycles. The lowest BCUT2D eigenvalue weighted by atomic mass is 10.1. The molecule has 0 aromatic heterocycles. The Bertz CT molecular complexity index is 1330. The van der Waals surface area contributed by atoms with Gasteiger partial charge < -0.3 is 24.3 Å². The van der Waals surface area contributed by atoms with Crippen molar-refractivity contribution in [3.05, 3.63) is 72.3 Å². The van der Waals surface area contributed by atoms with Crippen LogP contribution in [0.5, 0.6) is 23.0 Å². The molecule has 10 heteroatoms. The van der Waals surface area contributed by atoms with Gasteiger partial charge in [0.1, 0.15) is 18.0 Å². The van der Waals surface area contributed by atoms with E-state index in [1.807, 2.05) is 37.3 Å². The van der Waals surface area contributed by atoms with Gasteiger partial charge in [-0.05, 0) is 49.6 Å². The molecule has 0 fully saturated rings. The number of amides is 1. The molecule has 0 radical (unpaired) electrons. The molecular weight excluding hydrogens is 508 g/mol. The summed E-state index contributed by atoms with van der Waals surface area (Å²) >= 11 is 0. The van der Waals surface area contributed by atoms with E-state index < -0.39 is 22.5 Å². The molecule has 3 aromatic carbocycles. The SMILES string of the molecule is COc1ccc(OC)c(N(CC(=O)N[C@H](C)CCc2ccccc2)S(=O)(=O)c2ccc(OC)c(OC)c2)c1. The molecule has 0 aliphatic heterocycles. The Labute approximate surface area is 224 Å². The summed E-state index contributed by atoms with van der Waals surface area (Å²) in [4.78, 5) is 13.1. The fourth-order valence-corrected chi connectivity index (χ4v) is 5.39. The van der Waals surface area contributed by atoms with Crippen LogP contribution in [0.1, 0.15) is 18.9 Å². The molecule has 38 heavy (non-hydrogen) atoms. The normalized spacial score (nSPS) is 11.8. The Morgan fingerprint density at radius 2 is 1.50 bits per heavy atom. The molecule has 0 aliphatic carbocycles. The lowest BCUT2D eigenvalue weighted by Gasteiger charge is -2.27. The van der Waals surface area contributed by atoms with Gasteiger partial charge in [-0.2, -0.15) is 0 Å². The highest BCUT2D eigenvalue weighted by Gasteiger charge is 2.31. The third-order valence-electron chi connectivity index (χ3n) is 6.00. The smallest absolute Gasteiger partial charge is 0.265 e. The zero-order valence-electron chi connectivity index (χ0n) is 22.3. The number of ether oxygens (including phenoxy) is 4. The summed E-state index contributed by atoms with van der Waals surface area (Å²) in [6, 6.07) is 18.8. The van der Waals surface area contributed by atoms with Gasteiger partial charge in [0.25, 0.3) is 10.0 Å². The number of carbonyl (C=O) groups excluding carboxylic acids is 1. The summed E-state index contributed by atoms with van der Waals surface area (Å²) in [6.45, 7) is 1.41. The third-order valence-corrected chi connectivity index (χ3v) is 7.76. The van der Waals surface area contributed by atoms with Crippen LogP contribution in [0.4, 0.5) is 5.69 Å². The molecule has 204 valence electrons. The summed E-state index contributed by atoms with van der Waals surface area (Å²) < 4.78 is 50.2. The van der Waals surface area contributed by atoms with E-state index in [1.165, 1.54) is 52.7 Å². The number of sulfonamides is 1. The van der Waals surface area contributed by atoms with E-state index >= 15 is 0 Å². The van der Waals surface area contributed by atoms with E-state index in [9.17, 15) is 13.2 Å². The number of anilines is 1. The van der Waals surface area contributed by atoms with Crippen LogP contribution in [0.3, 0.4) is 0 Å². The zero-order valence-corrected chi connectivity index (χ0v) is 23.1. The van der Waals surface area contributed by atoms with E-state index in [4.69, 9.17) is 18.9 Å². The monoisotopic (exact) mass is 542 g/mol. The number of nitrogens with zero attached hydrogens (tertiary/aromatic N) is 1. The zero-order chi connectivity index (χ0) is 27.7. The van der Waals surface area contributed by atoms with Crippen molar-refractivity contribution in [2.45, 2.75) is 30.7 Å². The van der Waals surface area contributed by atoms with Crippen LogP contribution in [0, 0.1) is 0 Å². The highest BCUT2D eigenvalue weighted by atomic mass is 32.2. The molecule has 0 aliphatic rings. The molecular formula is C28H34N2O7S. The molecule has 1 amide bonds. The molecule has 3 rings (SSSR count). The van der Waals surface area contributed by atoms with E-state index in [2.05, 4.69) is 5.32 Å². The van der Waals surface area contributed by atoms with Gasteiger partial charge in [-0.3, -0.25) is 9.10 Å². The van der Waals surface area contributed by atoms with Crippen molar-refractivity contribution >= 4 is 21.6 Å². The standard InChI is InChI=1S/C28H34N2O7S/c1-20(11-12-21-9-7-6-8-10-21)29-28(31)19-30(24-17-22(34-2)13-15-25(24)35-3)38(32,33)23-14-16-26(36-4)27(18-23)37-5/h6-10,13-18,20H,11-12,19H2,1-5H3,(H,29,31)/t20-/m1/s1. The quantitative estimate of drug-likeness (QED) is 0.348. The first-order valence-corrected chi connectivity index (χ1v) is 13.5. The Morgan fingerprint density at radius 3 is 2.13 bits per heavy atom. The molecule has 3 aromatic rings. The molecule has 0 spiro atoms. The summed E-state index contributed by atoms with van der Waals surface area (Å²) in [5, 5.41) is 2.92. The van der Waals surface area contributed by atoms with Gasteiger partial charge in [-0.15, -0.1) is 0 Å². The van der Waals surface area contributed by atoms with Crippen LogP contribution in [0.15, 0.2) is 71.6 Å². The summed E-state index contributed by atoms with van der Waals surface area (Å²) in [7, 11) is 1.53. The van der Waals surface area contributed by atoms with E-state index in [1.54, 1.807) is 12.1 Å². The Hall–Kier alpha value is -3.92. The Kier molecular flexibility index (Phi) is 9.84. The van der Waals surface area contributed by atoms with Gasteiger partial charge >= 0.3 is 0 Å². The predicted octanol–water partition coefficient (Wildman–Crippen LogP) is 4.05. The maximum absolute atomic E-state index is 14.0. The second-order valence-electron chi connectivity index (χ2n) is 8.56. The number of methoxy groups -OCH3 is 4. The Morgan fingerprint density at radius 1 is 0.842 bits per heavy atom. The van der Waals surface area contributed by atoms with Gasteiger partial charge in [-0.1, -0.05) is 30.3 Å². The van der Waals surface area contributed by atoms with Crippen molar-refractivity contribution in [2.75, 3.05) is 39.3 Å². The second kappa shape index (κ2) is 13.0. The van der Waals surface area contributed by atoms with Crippen molar-refractivity contribution in [3.63, 3.8) is 0 Å². The topological polar surface area (TPSA) is 103 Å². The van der Waals surface area contributed by atoms with Gasteiger partial charge in [-0.25, -0.2) is 8.42 Å². The number of hydrogen-bond acceptors (Lipinski definition) is 7. The second-order valence-corrected chi connectivity index (χ2v) is 10.4. The minimum absolute atomic E-state index is 0.0788. The highest BCUT2D eigenvalue weighted by Crippen LogP contribution is 2.37. The van der Waals surface area contributed by atoms with Gasteiger partial charge in [0.05, 0.1) is 39.0 Å². The summed E-state index contributed by atoms with van der Waals surface area (Å²) in [6.07, 6.45) is 1.47. The minimum Gasteiger partial charge on any atom is -0.497 e. The molecule has 9 nitrogen and oxygen atoms in total. The molecule has 0 heterocycles. The maximum atomic E-state index is 14.0. The van der Waals surface area contributed by atoms with Gasteiger partial charge in [0.2, 0.25) is 5.91 Å². The van der Waals surface area contributed by atoms with Crippen molar-refractivity contribution in [1.29, 1.82) is 0 Å². The number of hydrogen-bond donors (Lipinski definition) is 1. The lowest BCUT2D eigenvalue weighted by molar-refractivity contribution is -0.120. The average Bonchev–Trinajstić information content (AvgIpc) is 2.94. The van der Waals surface area contributed by atoms with Crippen LogP contribution in [-0.4, -0.2) is 55.4 Å². The van der Waals surface area contributed by atoms with Crippen molar-refractivity contribution in [2.24, 2.45) is 0 Å². The first kappa shape index (κ1) is 28.6. The van der Waals surface area contributed by atoms with E-state index in [0.717, 1.165) is 16.3 Å². The van der Waals surface area contributed by atoms with Crippen LogP contribution in [0.2, 0.25) is 0 Å². The van der Waals surface area contributed by atoms with E-state index in [-0.39, 0.29) is 28.1 Å². The van der Waals surface area contributed by atoms with Crippen molar-refractivity contribution in [1.82, 2.24) is 5.32 Å². The molecule has 0 unspecified atom stereocenters. The first-order chi connectivity index (χ1) is 18.2. The van der Waals surface area contributed by atoms with Crippen LogP contribution in [0.25, 0.3) is 0 Å². The Balaban J connectivity index is 1.94. The number of benzene rings is 3. The highest BCUT2D eigenvalue weighted by molar-refractivity contribution is 7.92. The van der Waals surface area contributed by atoms with Gasteiger partial charge in [0, 0.05) is 18.2 Å². The number of carbonyl (C=O) groups is 1. The van der Waals surface area contributed by atoms with Crippen LogP contribution < -0.4 is 28.6 Å². The predicted molar refractivity (Wildman–Crippen MR) is 146 cm³/mol. The number of nitrogens with one attached hydrogen (secondary N) is 1. The lowest BCUT2D eigenvalue weighted by Crippen LogP contribution is -2.43. The van der Waals surface area contributed by atoms with Crippen LogP contribution in [-0.2, 0) is 21.2 Å². The first-order valence-electron chi connectivity index (χ1n) is 12.0. The number of rotatable bonds is 13.